The van der Waals surface area contributed by atoms with Crippen LogP contribution in [0.2, 0.25) is 0 Å². The van der Waals surface area contributed by atoms with Crippen molar-refractivity contribution < 1.29 is 14.6 Å². The fourth-order valence-electron chi connectivity index (χ4n) is 2.12. The number of aryl methyl sites for hydroxylation is 1. The SMILES string of the molecule is CCC(=O)Oc1cc(C)cc(-n2nc3ccccc3n2)c1O. The molecule has 0 aliphatic rings. The maximum atomic E-state index is 11.5. The van der Waals surface area contributed by atoms with Gasteiger partial charge in [0.25, 0.3) is 0 Å². The summed E-state index contributed by atoms with van der Waals surface area (Å²) < 4.78 is 5.15. The summed E-state index contributed by atoms with van der Waals surface area (Å²) in [6.07, 6.45) is 0.229. The first kappa shape index (κ1) is 14.1. The normalized spacial score (nSPS) is 10.8. The number of carbonyl (C=O) groups excluding carboxylic acids is 1. The zero-order chi connectivity index (χ0) is 15.7. The first-order chi connectivity index (χ1) is 10.6. The number of hydrogen-bond donors (Lipinski definition) is 1. The van der Waals surface area contributed by atoms with Crippen LogP contribution in [0.4, 0.5) is 0 Å². The summed E-state index contributed by atoms with van der Waals surface area (Å²) in [6, 6.07) is 10.7. The number of benzene rings is 2. The third-order valence-corrected chi connectivity index (χ3v) is 3.21. The average Bonchev–Trinajstić information content (AvgIpc) is 2.94. The Bertz CT molecular complexity index is 822. The first-order valence-electron chi connectivity index (χ1n) is 6.95. The molecular weight excluding hydrogens is 282 g/mol. The summed E-state index contributed by atoms with van der Waals surface area (Å²) in [7, 11) is 0. The molecule has 22 heavy (non-hydrogen) atoms. The molecule has 1 N–H and O–H groups in total. The Hall–Kier alpha value is -2.89. The predicted octanol–water partition coefficient (Wildman–Crippen LogP) is 2.75. The molecule has 0 spiro atoms. The summed E-state index contributed by atoms with van der Waals surface area (Å²) in [5.74, 6) is -0.457. The summed E-state index contributed by atoms with van der Waals surface area (Å²) in [4.78, 5) is 12.8. The van der Waals surface area contributed by atoms with Crippen molar-refractivity contribution in [1.29, 1.82) is 0 Å². The number of esters is 1. The molecule has 2 aromatic carbocycles. The van der Waals surface area contributed by atoms with Crippen LogP contribution in [0, 0.1) is 6.92 Å². The molecular formula is C16H15N3O3. The zero-order valence-electron chi connectivity index (χ0n) is 12.3. The quantitative estimate of drug-likeness (QED) is 0.594. The second-order valence-electron chi connectivity index (χ2n) is 4.94. The number of ether oxygens (including phenoxy) is 1. The molecule has 0 unspecified atom stereocenters. The lowest BCUT2D eigenvalue weighted by molar-refractivity contribution is -0.134. The van der Waals surface area contributed by atoms with Gasteiger partial charge in [-0.3, -0.25) is 4.79 Å². The van der Waals surface area contributed by atoms with Gasteiger partial charge in [-0.2, -0.15) is 0 Å². The van der Waals surface area contributed by atoms with Crippen LogP contribution in [0.3, 0.4) is 0 Å². The van der Waals surface area contributed by atoms with E-state index in [1.54, 1.807) is 19.1 Å². The number of nitrogens with zero attached hydrogens (tertiary/aromatic N) is 3. The van der Waals surface area contributed by atoms with Crippen LogP contribution in [0.25, 0.3) is 16.7 Å². The molecule has 3 rings (SSSR count). The van der Waals surface area contributed by atoms with Gasteiger partial charge in [0.15, 0.2) is 11.5 Å². The number of fused-ring (bicyclic) bond motifs is 1. The largest absolute Gasteiger partial charge is 0.503 e. The van der Waals surface area contributed by atoms with Crippen LogP contribution in [-0.4, -0.2) is 26.1 Å². The van der Waals surface area contributed by atoms with Gasteiger partial charge in [0.1, 0.15) is 16.7 Å². The fourth-order valence-corrected chi connectivity index (χ4v) is 2.12. The van der Waals surface area contributed by atoms with Gasteiger partial charge in [0.05, 0.1) is 0 Å². The van der Waals surface area contributed by atoms with Gasteiger partial charge in [-0.15, -0.1) is 15.0 Å². The van der Waals surface area contributed by atoms with Crippen molar-refractivity contribution in [1.82, 2.24) is 15.0 Å². The number of phenols is 1. The molecule has 0 atom stereocenters. The topological polar surface area (TPSA) is 77.2 Å². The molecule has 0 radical (unpaired) electrons. The van der Waals surface area contributed by atoms with Crippen LogP contribution < -0.4 is 4.74 Å². The van der Waals surface area contributed by atoms with Gasteiger partial charge >= 0.3 is 5.97 Å². The van der Waals surface area contributed by atoms with Gasteiger partial charge < -0.3 is 9.84 Å². The highest BCUT2D eigenvalue weighted by Crippen LogP contribution is 2.34. The molecule has 1 aromatic heterocycles. The van der Waals surface area contributed by atoms with Crippen molar-refractivity contribution >= 4 is 17.0 Å². The van der Waals surface area contributed by atoms with E-state index in [1.807, 2.05) is 31.2 Å². The number of hydrogen-bond acceptors (Lipinski definition) is 5. The molecule has 0 bridgehead atoms. The smallest absolute Gasteiger partial charge is 0.311 e. The van der Waals surface area contributed by atoms with Gasteiger partial charge in [-0.1, -0.05) is 19.1 Å². The van der Waals surface area contributed by atoms with Crippen LogP contribution in [-0.2, 0) is 4.79 Å². The predicted molar refractivity (Wildman–Crippen MR) is 81.2 cm³/mol. The van der Waals surface area contributed by atoms with E-state index in [0.29, 0.717) is 5.69 Å². The number of aromatic hydroxyl groups is 1. The maximum absolute atomic E-state index is 11.5. The zero-order valence-corrected chi connectivity index (χ0v) is 12.3. The molecule has 0 fully saturated rings. The van der Waals surface area contributed by atoms with Crippen molar-refractivity contribution in [3.05, 3.63) is 42.0 Å². The third kappa shape index (κ3) is 2.50. The molecule has 0 saturated heterocycles. The fraction of sp³-hybridized carbons (Fsp3) is 0.188. The van der Waals surface area contributed by atoms with Crippen LogP contribution in [0.5, 0.6) is 11.5 Å². The van der Waals surface area contributed by atoms with Gasteiger partial charge in [-0.25, -0.2) is 0 Å². The van der Waals surface area contributed by atoms with E-state index in [9.17, 15) is 9.90 Å². The third-order valence-electron chi connectivity index (χ3n) is 3.21. The van der Waals surface area contributed by atoms with E-state index in [1.165, 1.54) is 4.80 Å². The maximum Gasteiger partial charge on any atom is 0.311 e. The lowest BCUT2D eigenvalue weighted by atomic mass is 10.2. The van der Waals surface area contributed by atoms with Crippen LogP contribution in [0.1, 0.15) is 18.9 Å². The van der Waals surface area contributed by atoms with Crippen LogP contribution in [0.15, 0.2) is 36.4 Å². The Kier molecular flexibility index (Phi) is 3.50. The minimum absolute atomic E-state index is 0.114. The van der Waals surface area contributed by atoms with E-state index in [4.69, 9.17) is 4.74 Å². The molecule has 0 amide bonds. The number of phenolic OH excluding ortho intramolecular Hbond substituents is 1. The van der Waals surface area contributed by atoms with E-state index in [0.717, 1.165) is 16.6 Å². The second kappa shape index (κ2) is 5.48. The highest BCUT2D eigenvalue weighted by atomic mass is 16.5. The van der Waals surface area contributed by atoms with Gasteiger partial charge in [0.2, 0.25) is 0 Å². The lowest BCUT2D eigenvalue weighted by Crippen LogP contribution is -2.07. The number of carbonyl (C=O) groups is 1. The highest BCUT2D eigenvalue weighted by Gasteiger charge is 2.16. The van der Waals surface area contributed by atoms with Crippen molar-refractivity contribution in [3.8, 4) is 17.2 Å². The first-order valence-corrected chi connectivity index (χ1v) is 6.95. The molecule has 0 aliphatic carbocycles. The number of rotatable bonds is 3. The molecule has 1 heterocycles. The summed E-state index contributed by atoms with van der Waals surface area (Å²) >= 11 is 0. The minimum atomic E-state index is -0.412. The molecule has 3 aromatic rings. The van der Waals surface area contributed by atoms with Crippen molar-refractivity contribution in [3.63, 3.8) is 0 Å². The molecule has 6 heteroatoms. The molecule has 0 saturated carbocycles. The van der Waals surface area contributed by atoms with E-state index in [-0.39, 0.29) is 17.9 Å². The van der Waals surface area contributed by atoms with Gasteiger partial charge in [0, 0.05) is 6.42 Å². The van der Waals surface area contributed by atoms with Crippen molar-refractivity contribution in [2.75, 3.05) is 0 Å². The number of aromatic nitrogens is 3. The van der Waals surface area contributed by atoms with Gasteiger partial charge in [-0.05, 0) is 36.8 Å². The molecule has 0 aliphatic heterocycles. The highest BCUT2D eigenvalue weighted by molar-refractivity contribution is 5.75. The van der Waals surface area contributed by atoms with Crippen molar-refractivity contribution in [2.24, 2.45) is 0 Å². The molecule has 6 nitrogen and oxygen atoms in total. The molecule has 112 valence electrons. The Balaban J connectivity index is 2.11. The van der Waals surface area contributed by atoms with E-state index >= 15 is 0 Å². The Morgan fingerprint density at radius 2 is 1.86 bits per heavy atom. The average molecular weight is 297 g/mol. The lowest BCUT2D eigenvalue weighted by Gasteiger charge is -2.10. The second-order valence-corrected chi connectivity index (χ2v) is 4.94. The monoisotopic (exact) mass is 297 g/mol. The van der Waals surface area contributed by atoms with Crippen molar-refractivity contribution in [2.45, 2.75) is 20.3 Å². The summed E-state index contributed by atoms with van der Waals surface area (Å²) in [5, 5.41) is 19.0. The summed E-state index contributed by atoms with van der Waals surface area (Å²) in [5.41, 5.74) is 2.63. The Labute approximate surface area is 126 Å². The Morgan fingerprint density at radius 3 is 2.45 bits per heavy atom. The minimum Gasteiger partial charge on any atom is -0.503 e. The van der Waals surface area contributed by atoms with E-state index < -0.39 is 5.97 Å². The Morgan fingerprint density at radius 1 is 1.23 bits per heavy atom. The standard InChI is InChI=1S/C16H15N3O3/c1-3-15(20)22-14-9-10(2)8-13(16(14)21)19-17-11-6-4-5-7-12(11)18-19/h4-9,21H,3H2,1-2H3. The summed E-state index contributed by atoms with van der Waals surface area (Å²) in [6.45, 7) is 3.54. The van der Waals surface area contributed by atoms with Crippen LogP contribution >= 0.6 is 0 Å². The van der Waals surface area contributed by atoms with E-state index in [2.05, 4.69) is 10.2 Å².